The fraction of sp³-hybridized carbons (Fsp3) is 0.312. The van der Waals surface area contributed by atoms with Crippen LogP contribution in [0.25, 0.3) is 11.2 Å². The van der Waals surface area contributed by atoms with Crippen molar-refractivity contribution in [2.24, 2.45) is 0 Å². The maximum Gasteiger partial charge on any atom is 0.165 e. The number of aryl methyl sites for hydroxylation is 2. The van der Waals surface area contributed by atoms with E-state index in [0.29, 0.717) is 19.0 Å². The average molecular weight is 297 g/mol. The van der Waals surface area contributed by atoms with Crippen molar-refractivity contribution in [3.63, 3.8) is 0 Å². The number of aromatic nitrogens is 4. The van der Waals surface area contributed by atoms with Gasteiger partial charge < -0.3 is 14.6 Å². The minimum Gasteiger partial charge on any atom is -0.383 e. The Morgan fingerprint density at radius 2 is 2.05 bits per heavy atom. The van der Waals surface area contributed by atoms with E-state index in [4.69, 9.17) is 4.74 Å². The van der Waals surface area contributed by atoms with E-state index in [2.05, 4.69) is 52.3 Å². The van der Waals surface area contributed by atoms with E-state index in [-0.39, 0.29) is 0 Å². The van der Waals surface area contributed by atoms with Gasteiger partial charge in [-0.3, -0.25) is 0 Å². The number of methoxy groups -OCH3 is 1. The van der Waals surface area contributed by atoms with Crippen molar-refractivity contribution >= 4 is 22.7 Å². The third-order valence-corrected chi connectivity index (χ3v) is 3.57. The van der Waals surface area contributed by atoms with Crippen molar-refractivity contribution in [1.29, 1.82) is 0 Å². The van der Waals surface area contributed by atoms with Gasteiger partial charge in [-0.25, -0.2) is 15.0 Å². The van der Waals surface area contributed by atoms with Crippen molar-refractivity contribution in [1.82, 2.24) is 19.5 Å². The first-order valence-corrected chi connectivity index (χ1v) is 7.18. The number of nitrogens with one attached hydrogen (secondary N) is 1. The van der Waals surface area contributed by atoms with Crippen molar-refractivity contribution < 1.29 is 4.74 Å². The van der Waals surface area contributed by atoms with Crippen LogP contribution in [0.1, 0.15) is 11.1 Å². The quantitative estimate of drug-likeness (QED) is 0.784. The van der Waals surface area contributed by atoms with Crippen LogP contribution in [0, 0.1) is 13.8 Å². The number of anilines is 2. The van der Waals surface area contributed by atoms with Crippen molar-refractivity contribution in [3.05, 3.63) is 42.0 Å². The first kappa shape index (κ1) is 14.5. The van der Waals surface area contributed by atoms with E-state index in [0.717, 1.165) is 16.9 Å². The summed E-state index contributed by atoms with van der Waals surface area (Å²) < 4.78 is 7.08. The first-order chi connectivity index (χ1) is 10.7. The Hall–Kier alpha value is -2.47. The van der Waals surface area contributed by atoms with Gasteiger partial charge in [0.1, 0.15) is 6.33 Å². The number of imidazole rings is 1. The molecule has 2 heterocycles. The summed E-state index contributed by atoms with van der Waals surface area (Å²) in [7, 11) is 1.68. The normalized spacial score (nSPS) is 11.0. The van der Waals surface area contributed by atoms with Gasteiger partial charge in [-0.15, -0.1) is 0 Å². The molecular formula is C16H19N5O. The second-order valence-electron chi connectivity index (χ2n) is 5.27. The largest absolute Gasteiger partial charge is 0.383 e. The lowest BCUT2D eigenvalue weighted by molar-refractivity contribution is 0.188. The second kappa shape index (κ2) is 6.11. The Kier molecular flexibility index (Phi) is 4.02. The van der Waals surface area contributed by atoms with Gasteiger partial charge in [0.2, 0.25) is 0 Å². The second-order valence-corrected chi connectivity index (χ2v) is 5.27. The summed E-state index contributed by atoms with van der Waals surface area (Å²) in [6.07, 6.45) is 3.32. The molecule has 0 amide bonds. The summed E-state index contributed by atoms with van der Waals surface area (Å²) in [6, 6.07) is 6.27. The molecule has 0 unspecified atom stereocenters. The minimum absolute atomic E-state index is 0.620. The summed E-state index contributed by atoms with van der Waals surface area (Å²) in [5, 5.41) is 3.35. The lowest BCUT2D eigenvalue weighted by Crippen LogP contribution is -2.04. The summed E-state index contributed by atoms with van der Waals surface area (Å²) in [6.45, 7) is 5.49. The van der Waals surface area contributed by atoms with Gasteiger partial charge >= 0.3 is 0 Å². The van der Waals surface area contributed by atoms with Gasteiger partial charge in [-0.2, -0.15) is 0 Å². The Balaban J connectivity index is 1.95. The van der Waals surface area contributed by atoms with Crippen LogP contribution in [-0.2, 0) is 11.3 Å². The van der Waals surface area contributed by atoms with Crippen molar-refractivity contribution in [2.45, 2.75) is 20.4 Å². The molecule has 0 spiro atoms. The lowest BCUT2D eigenvalue weighted by Gasteiger charge is -2.10. The molecule has 0 aliphatic heterocycles. The monoisotopic (exact) mass is 297 g/mol. The van der Waals surface area contributed by atoms with Gasteiger partial charge in [0.15, 0.2) is 17.0 Å². The topological polar surface area (TPSA) is 64.9 Å². The van der Waals surface area contributed by atoms with E-state index < -0.39 is 0 Å². The minimum atomic E-state index is 0.620. The molecule has 0 bridgehead atoms. The summed E-state index contributed by atoms with van der Waals surface area (Å²) >= 11 is 0. The molecule has 6 heteroatoms. The Morgan fingerprint density at radius 3 is 2.82 bits per heavy atom. The Labute approximate surface area is 129 Å². The zero-order chi connectivity index (χ0) is 15.5. The van der Waals surface area contributed by atoms with E-state index in [1.807, 2.05) is 4.57 Å². The molecule has 3 rings (SSSR count). The molecule has 0 aliphatic rings. The van der Waals surface area contributed by atoms with Crippen LogP contribution >= 0.6 is 0 Å². The maximum atomic E-state index is 5.11. The summed E-state index contributed by atoms with van der Waals surface area (Å²) in [5.41, 5.74) is 5.00. The molecule has 114 valence electrons. The maximum absolute atomic E-state index is 5.11. The average Bonchev–Trinajstić information content (AvgIpc) is 2.92. The van der Waals surface area contributed by atoms with Crippen LogP contribution in [0.2, 0.25) is 0 Å². The molecule has 1 aromatic carbocycles. The number of benzene rings is 1. The number of hydrogen-bond donors (Lipinski definition) is 1. The summed E-state index contributed by atoms with van der Waals surface area (Å²) in [4.78, 5) is 13.1. The molecule has 3 aromatic rings. The molecule has 22 heavy (non-hydrogen) atoms. The predicted molar refractivity (Wildman–Crippen MR) is 86.4 cm³/mol. The highest BCUT2D eigenvalue weighted by atomic mass is 16.5. The van der Waals surface area contributed by atoms with E-state index in [1.165, 1.54) is 11.1 Å². The van der Waals surface area contributed by atoms with Crippen LogP contribution in [0.5, 0.6) is 0 Å². The zero-order valence-corrected chi connectivity index (χ0v) is 13.0. The van der Waals surface area contributed by atoms with Gasteiger partial charge in [-0.1, -0.05) is 17.7 Å². The van der Waals surface area contributed by atoms with E-state index >= 15 is 0 Å². The zero-order valence-electron chi connectivity index (χ0n) is 13.0. The highest BCUT2D eigenvalue weighted by Gasteiger charge is 2.11. The van der Waals surface area contributed by atoms with E-state index in [1.54, 1.807) is 19.8 Å². The number of hydrogen-bond acceptors (Lipinski definition) is 5. The molecule has 0 saturated heterocycles. The Morgan fingerprint density at radius 1 is 1.18 bits per heavy atom. The van der Waals surface area contributed by atoms with E-state index in [9.17, 15) is 0 Å². The van der Waals surface area contributed by atoms with Gasteiger partial charge in [0, 0.05) is 19.3 Å². The lowest BCUT2D eigenvalue weighted by atomic mass is 10.1. The fourth-order valence-electron chi connectivity index (χ4n) is 2.41. The van der Waals surface area contributed by atoms with Gasteiger partial charge in [-0.05, 0) is 25.5 Å². The van der Waals surface area contributed by atoms with Crippen molar-refractivity contribution in [3.8, 4) is 0 Å². The third-order valence-electron chi connectivity index (χ3n) is 3.57. The third kappa shape index (κ3) is 2.78. The fourth-order valence-corrected chi connectivity index (χ4v) is 2.41. The molecule has 6 nitrogen and oxygen atoms in total. The standard InChI is InChI=1S/C16H19N5O/c1-11-4-5-13(12(2)8-11)20-15-14-16(18-9-17-15)21(10-19-14)6-7-22-3/h4-5,8-10H,6-7H2,1-3H3,(H,17,18,20). The highest BCUT2D eigenvalue weighted by molar-refractivity contribution is 5.85. The summed E-state index contributed by atoms with van der Waals surface area (Å²) in [5.74, 6) is 0.716. The molecule has 0 saturated carbocycles. The van der Waals surface area contributed by atoms with Crippen LogP contribution in [0.3, 0.4) is 0 Å². The number of fused-ring (bicyclic) bond motifs is 1. The highest BCUT2D eigenvalue weighted by Crippen LogP contribution is 2.24. The van der Waals surface area contributed by atoms with Gasteiger partial charge in [0.05, 0.1) is 12.9 Å². The molecule has 1 N–H and O–H groups in total. The van der Waals surface area contributed by atoms with Crippen LogP contribution in [0.4, 0.5) is 11.5 Å². The number of rotatable bonds is 5. The van der Waals surface area contributed by atoms with Crippen LogP contribution < -0.4 is 5.32 Å². The molecule has 0 fully saturated rings. The molecule has 0 atom stereocenters. The number of ether oxygens (including phenoxy) is 1. The Bertz CT molecular complexity index is 796. The van der Waals surface area contributed by atoms with Crippen molar-refractivity contribution in [2.75, 3.05) is 19.0 Å². The molecule has 0 aliphatic carbocycles. The molecule has 0 radical (unpaired) electrons. The number of nitrogens with zero attached hydrogens (tertiary/aromatic N) is 4. The molecular weight excluding hydrogens is 278 g/mol. The smallest absolute Gasteiger partial charge is 0.165 e. The first-order valence-electron chi connectivity index (χ1n) is 7.18. The predicted octanol–water partition coefficient (Wildman–Crippen LogP) is 2.83. The molecule has 2 aromatic heterocycles. The van der Waals surface area contributed by atoms with Gasteiger partial charge in [0.25, 0.3) is 0 Å². The van der Waals surface area contributed by atoms with Crippen LogP contribution in [0.15, 0.2) is 30.9 Å². The SMILES string of the molecule is COCCn1cnc2c(Nc3ccc(C)cc3C)ncnc21. The van der Waals surface area contributed by atoms with Crippen LogP contribution in [-0.4, -0.2) is 33.2 Å².